The summed E-state index contributed by atoms with van der Waals surface area (Å²) in [6, 6.07) is 6.43. The molecule has 1 aromatic rings. The quantitative estimate of drug-likeness (QED) is 0.696. The third-order valence-corrected chi connectivity index (χ3v) is 2.02. The lowest BCUT2D eigenvalue weighted by atomic mass is 10.3. The average molecular weight is 182 g/mol. The Balaban J connectivity index is 2.04. The second kappa shape index (κ2) is 3.75. The topological polar surface area (TPSA) is 18.5 Å². The third-order valence-electron chi connectivity index (χ3n) is 2.02. The molecule has 1 heterocycles. The van der Waals surface area contributed by atoms with Crippen LogP contribution in [0.25, 0.3) is 0 Å². The standard InChI is InChI=1S/C10H11FO2/c11-9-3-1-2-4-10(9)13-8-5-6-12-7-8/h1-4,8H,5-7H2/t8-/m0/s1. The van der Waals surface area contributed by atoms with Gasteiger partial charge >= 0.3 is 0 Å². The van der Waals surface area contributed by atoms with E-state index in [0.29, 0.717) is 19.0 Å². The molecule has 0 unspecified atom stereocenters. The number of halogens is 1. The van der Waals surface area contributed by atoms with Gasteiger partial charge in [0.1, 0.15) is 6.10 Å². The fraction of sp³-hybridized carbons (Fsp3) is 0.400. The molecule has 13 heavy (non-hydrogen) atoms. The van der Waals surface area contributed by atoms with Crippen LogP contribution in [0.15, 0.2) is 24.3 Å². The van der Waals surface area contributed by atoms with E-state index in [4.69, 9.17) is 9.47 Å². The first kappa shape index (κ1) is 8.51. The minimum Gasteiger partial charge on any atom is -0.485 e. The molecular formula is C10H11FO2. The molecule has 2 nitrogen and oxygen atoms in total. The molecule has 0 aromatic heterocycles. The smallest absolute Gasteiger partial charge is 0.165 e. The summed E-state index contributed by atoms with van der Waals surface area (Å²) in [7, 11) is 0. The molecule has 3 heteroatoms. The molecular weight excluding hydrogens is 171 g/mol. The minimum atomic E-state index is -0.311. The van der Waals surface area contributed by atoms with Crippen molar-refractivity contribution < 1.29 is 13.9 Å². The fourth-order valence-electron chi connectivity index (χ4n) is 1.33. The number of benzene rings is 1. The molecule has 1 aromatic carbocycles. The zero-order valence-corrected chi connectivity index (χ0v) is 7.20. The van der Waals surface area contributed by atoms with Crippen LogP contribution in [0.1, 0.15) is 6.42 Å². The summed E-state index contributed by atoms with van der Waals surface area (Å²) in [5.74, 6) is 0.00685. The molecule has 1 aliphatic rings. The van der Waals surface area contributed by atoms with Crippen molar-refractivity contribution in [2.45, 2.75) is 12.5 Å². The molecule has 0 saturated carbocycles. The molecule has 0 bridgehead atoms. The largest absolute Gasteiger partial charge is 0.485 e. The zero-order chi connectivity index (χ0) is 9.10. The van der Waals surface area contributed by atoms with E-state index in [-0.39, 0.29) is 11.9 Å². The summed E-state index contributed by atoms with van der Waals surface area (Å²) in [5.41, 5.74) is 0. The highest BCUT2D eigenvalue weighted by Gasteiger charge is 2.18. The maximum absolute atomic E-state index is 13.1. The maximum Gasteiger partial charge on any atom is 0.165 e. The maximum atomic E-state index is 13.1. The van der Waals surface area contributed by atoms with Crippen LogP contribution in [0, 0.1) is 5.82 Å². The molecule has 0 N–H and O–H groups in total. The van der Waals surface area contributed by atoms with E-state index in [1.165, 1.54) is 6.07 Å². The summed E-state index contributed by atoms with van der Waals surface area (Å²) in [6.07, 6.45) is 0.853. The van der Waals surface area contributed by atoms with Crippen molar-refractivity contribution >= 4 is 0 Å². The van der Waals surface area contributed by atoms with Gasteiger partial charge in [0, 0.05) is 6.42 Å². The van der Waals surface area contributed by atoms with Crippen molar-refractivity contribution in [2.75, 3.05) is 13.2 Å². The Morgan fingerprint density at radius 2 is 2.23 bits per heavy atom. The summed E-state index contributed by atoms with van der Waals surface area (Å²) in [5, 5.41) is 0. The van der Waals surface area contributed by atoms with Crippen LogP contribution in [0.3, 0.4) is 0 Å². The van der Waals surface area contributed by atoms with Gasteiger partial charge in [-0.3, -0.25) is 0 Å². The van der Waals surface area contributed by atoms with Gasteiger partial charge < -0.3 is 9.47 Å². The molecule has 0 amide bonds. The molecule has 0 spiro atoms. The monoisotopic (exact) mass is 182 g/mol. The van der Waals surface area contributed by atoms with Crippen LogP contribution in [-0.4, -0.2) is 19.3 Å². The molecule has 0 aliphatic carbocycles. The molecule has 1 atom stereocenters. The Morgan fingerprint density at radius 1 is 1.38 bits per heavy atom. The molecule has 1 fully saturated rings. The Kier molecular flexibility index (Phi) is 2.45. The highest BCUT2D eigenvalue weighted by atomic mass is 19.1. The number of hydrogen-bond acceptors (Lipinski definition) is 2. The van der Waals surface area contributed by atoms with Crippen LogP contribution in [0.2, 0.25) is 0 Å². The van der Waals surface area contributed by atoms with E-state index in [9.17, 15) is 4.39 Å². The summed E-state index contributed by atoms with van der Waals surface area (Å²) in [6.45, 7) is 1.27. The summed E-state index contributed by atoms with van der Waals surface area (Å²) < 4.78 is 23.6. The molecule has 2 rings (SSSR count). The first-order valence-corrected chi connectivity index (χ1v) is 4.35. The normalized spacial score (nSPS) is 21.8. The Morgan fingerprint density at radius 3 is 2.92 bits per heavy atom. The minimum absolute atomic E-state index is 0.0110. The summed E-state index contributed by atoms with van der Waals surface area (Å²) >= 11 is 0. The predicted molar refractivity (Wildman–Crippen MR) is 46.3 cm³/mol. The van der Waals surface area contributed by atoms with Crippen LogP contribution in [0.5, 0.6) is 5.75 Å². The van der Waals surface area contributed by atoms with Gasteiger partial charge in [0.05, 0.1) is 13.2 Å². The lowest BCUT2D eigenvalue weighted by Gasteiger charge is -2.11. The van der Waals surface area contributed by atoms with E-state index < -0.39 is 0 Å². The first-order valence-electron chi connectivity index (χ1n) is 4.35. The van der Waals surface area contributed by atoms with Crippen LogP contribution < -0.4 is 4.74 Å². The van der Waals surface area contributed by atoms with Crippen LogP contribution >= 0.6 is 0 Å². The fourth-order valence-corrected chi connectivity index (χ4v) is 1.33. The van der Waals surface area contributed by atoms with Gasteiger partial charge in [-0.2, -0.15) is 0 Å². The van der Waals surface area contributed by atoms with Gasteiger partial charge in [-0.25, -0.2) is 4.39 Å². The van der Waals surface area contributed by atoms with Crippen molar-refractivity contribution in [1.29, 1.82) is 0 Å². The number of ether oxygens (including phenoxy) is 2. The van der Waals surface area contributed by atoms with Gasteiger partial charge in [0.2, 0.25) is 0 Å². The van der Waals surface area contributed by atoms with Crippen LogP contribution in [-0.2, 0) is 4.74 Å². The highest BCUT2D eigenvalue weighted by molar-refractivity contribution is 5.23. The second-order valence-corrected chi connectivity index (χ2v) is 3.03. The molecule has 1 saturated heterocycles. The number of rotatable bonds is 2. The summed E-state index contributed by atoms with van der Waals surface area (Å²) in [4.78, 5) is 0. The Labute approximate surface area is 76.3 Å². The lowest BCUT2D eigenvalue weighted by molar-refractivity contribution is 0.138. The highest BCUT2D eigenvalue weighted by Crippen LogP contribution is 2.19. The van der Waals surface area contributed by atoms with Crippen molar-refractivity contribution in [1.82, 2.24) is 0 Å². The SMILES string of the molecule is Fc1ccccc1O[C@H]1CCOC1. The number of para-hydroxylation sites is 1. The van der Waals surface area contributed by atoms with E-state index in [1.807, 2.05) is 0 Å². The van der Waals surface area contributed by atoms with E-state index in [2.05, 4.69) is 0 Å². The lowest BCUT2D eigenvalue weighted by Crippen LogP contribution is -2.16. The zero-order valence-electron chi connectivity index (χ0n) is 7.20. The average Bonchev–Trinajstić information content (AvgIpc) is 2.61. The van der Waals surface area contributed by atoms with E-state index >= 15 is 0 Å². The van der Waals surface area contributed by atoms with E-state index in [1.54, 1.807) is 18.2 Å². The van der Waals surface area contributed by atoms with E-state index in [0.717, 1.165) is 6.42 Å². The van der Waals surface area contributed by atoms with Gasteiger partial charge in [-0.15, -0.1) is 0 Å². The van der Waals surface area contributed by atoms with Gasteiger partial charge in [0.25, 0.3) is 0 Å². The molecule has 1 aliphatic heterocycles. The first-order chi connectivity index (χ1) is 6.36. The van der Waals surface area contributed by atoms with Gasteiger partial charge in [0.15, 0.2) is 11.6 Å². The number of hydrogen-bond donors (Lipinski definition) is 0. The third kappa shape index (κ3) is 1.98. The Hall–Kier alpha value is -1.09. The molecule has 0 radical (unpaired) electrons. The van der Waals surface area contributed by atoms with Gasteiger partial charge in [-0.05, 0) is 12.1 Å². The van der Waals surface area contributed by atoms with Crippen molar-refractivity contribution in [3.05, 3.63) is 30.1 Å². The Bertz CT molecular complexity index is 282. The van der Waals surface area contributed by atoms with Crippen LogP contribution in [0.4, 0.5) is 4.39 Å². The second-order valence-electron chi connectivity index (χ2n) is 3.03. The molecule has 70 valence electrons. The van der Waals surface area contributed by atoms with Crippen molar-refractivity contribution in [3.8, 4) is 5.75 Å². The predicted octanol–water partition coefficient (Wildman–Crippen LogP) is 1.99. The van der Waals surface area contributed by atoms with Crippen molar-refractivity contribution in [3.63, 3.8) is 0 Å². The van der Waals surface area contributed by atoms with Crippen molar-refractivity contribution in [2.24, 2.45) is 0 Å². The van der Waals surface area contributed by atoms with Gasteiger partial charge in [-0.1, -0.05) is 12.1 Å².